The first-order valence-electron chi connectivity index (χ1n) is 0. The quantitative estimate of drug-likeness (QED) is 0.357. The maximum atomic E-state index is 0. The zero-order valence-corrected chi connectivity index (χ0v) is 3.72. The van der Waals surface area contributed by atoms with Gasteiger partial charge < -0.3 is 27.4 Å². The summed E-state index contributed by atoms with van der Waals surface area (Å²) in [4.78, 5) is 0. The summed E-state index contributed by atoms with van der Waals surface area (Å²) in [5.74, 6) is 0. The molecular formula is H13ClO5Sr. The Balaban J connectivity index is 0. The number of hydrogen-bond acceptors (Lipinski definition) is 0. The monoisotopic (exact) mass is 216 g/mol. The third kappa shape index (κ3) is 95.2. The van der Waals surface area contributed by atoms with Crippen LogP contribution in [0.5, 0.6) is 0 Å². The van der Waals surface area contributed by atoms with Crippen LogP contribution in [0.15, 0.2) is 0 Å². The first-order valence-corrected chi connectivity index (χ1v) is 0. The second-order valence-corrected chi connectivity index (χ2v) is 0. The van der Waals surface area contributed by atoms with Gasteiger partial charge in [-0.1, -0.05) is 0 Å². The van der Waals surface area contributed by atoms with E-state index < -0.39 is 0 Å². The van der Waals surface area contributed by atoms with Crippen molar-refractivity contribution in [2.75, 3.05) is 0 Å². The van der Waals surface area contributed by atoms with Crippen LogP contribution in [-0.2, 0) is 0 Å². The molecule has 0 aliphatic heterocycles. The van der Waals surface area contributed by atoms with Gasteiger partial charge in [0.25, 0.3) is 0 Å². The fourth-order valence-corrected chi connectivity index (χ4v) is 0. The van der Waals surface area contributed by atoms with Gasteiger partial charge in [-0.15, -0.1) is 12.4 Å². The molecule has 7 heavy (non-hydrogen) atoms. The number of halogens is 1. The van der Waals surface area contributed by atoms with Crippen LogP contribution in [0, 0.1) is 0 Å². The summed E-state index contributed by atoms with van der Waals surface area (Å²) in [5, 5.41) is 0. The summed E-state index contributed by atoms with van der Waals surface area (Å²) in [6.45, 7) is 0. The summed E-state index contributed by atoms with van der Waals surface area (Å²) < 4.78 is 0. The maximum absolute atomic E-state index is 0. The van der Waals surface area contributed by atoms with Gasteiger partial charge in [0.2, 0.25) is 0 Å². The third-order valence-corrected chi connectivity index (χ3v) is 0. The Labute approximate surface area is 84.3 Å². The Morgan fingerprint density at radius 1 is 0.429 bits per heavy atom. The first-order chi connectivity index (χ1) is 0. The van der Waals surface area contributed by atoms with E-state index in [-0.39, 0.29) is 85.3 Å². The molecule has 0 unspecified atom stereocenters. The van der Waals surface area contributed by atoms with Crippen LogP contribution in [0.3, 0.4) is 0 Å². The van der Waals surface area contributed by atoms with Gasteiger partial charge in [-0.3, -0.25) is 0 Å². The fraction of sp³-hybridized carbons (Fsp3) is 0. The molecule has 0 saturated carbocycles. The second-order valence-electron chi connectivity index (χ2n) is 0. The van der Waals surface area contributed by atoms with Crippen LogP contribution >= 0.6 is 12.4 Å². The minimum atomic E-state index is 0. The van der Waals surface area contributed by atoms with Crippen molar-refractivity contribution in [3.8, 4) is 0 Å². The van der Waals surface area contributed by atoms with E-state index >= 15 is 0 Å². The molecule has 10 N–H and O–H groups in total. The van der Waals surface area contributed by atoms with Crippen molar-refractivity contribution in [1.82, 2.24) is 0 Å². The van der Waals surface area contributed by atoms with Crippen LogP contribution in [0.4, 0.5) is 0 Å². The van der Waals surface area contributed by atoms with E-state index in [1.165, 1.54) is 0 Å². The van der Waals surface area contributed by atoms with E-state index in [1.54, 1.807) is 0 Å². The Hall–Kier alpha value is 1.57. The van der Waals surface area contributed by atoms with Gasteiger partial charge in [0.1, 0.15) is 0 Å². The van der Waals surface area contributed by atoms with Gasteiger partial charge in [-0.25, -0.2) is 0 Å². The van der Waals surface area contributed by atoms with E-state index in [0.717, 1.165) is 0 Å². The number of rotatable bonds is 0. The van der Waals surface area contributed by atoms with Crippen molar-refractivity contribution >= 4 is 57.9 Å². The molecule has 0 aromatic rings. The van der Waals surface area contributed by atoms with Gasteiger partial charge in [-0.05, 0) is 0 Å². The molecule has 0 atom stereocenters. The van der Waals surface area contributed by atoms with Crippen molar-refractivity contribution in [1.29, 1.82) is 0 Å². The van der Waals surface area contributed by atoms with Gasteiger partial charge in [0, 0.05) is 0 Å². The Morgan fingerprint density at radius 3 is 0.429 bits per heavy atom. The van der Waals surface area contributed by atoms with Crippen LogP contribution in [0.25, 0.3) is 0 Å². The minimum absolute atomic E-state index is 0. The summed E-state index contributed by atoms with van der Waals surface area (Å²) >= 11 is 0. The Bertz CT molecular complexity index is 8.04. The molecule has 5 nitrogen and oxygen atoms in total. The van der Waals surface area contributed by atoms with Crippen molar-refractivity contribution in [2.45, 2.75) is 0 Å². The van der Waals surface area contributed by atoms with Crippen LogP contribution in [-0.4, -0.2) is 72.9 Å². The molecule has 0 aromatic carbocycles. The zero-order chi connectivity index (χ0) is 0. The molecule has 7 heteroatoms. The molecule has 0 aliphatic carbocycles. The molecule has 0 aromatic heterocycles. The molecule has 0 spiro atoms. The van der Waals surface area contributed by atoms with E-state index in [2.05, 4.69) is 0 Å². The second kappa shape index (κ2) is 133. The van der Waals surface area contributed by atoms with E-state index in [1.807, 2.05) is 0 Å². The Kier molecular flexibility index (Phi) is 3770. The number of hydrogen-bond donors (Lipinski definition) is 0. The fourth-order valence-electron chi connectivity index (χ4n) is 0. The van der Waals surface area contributed by atoms with Crippen molar-refractivity contribution in [2.24, 2.45) is 0 Å². The molecule has 0 rings (SSSR count). The summed E-state index contributed by atoms with van der Waals surface area (Å²) in [6.07, 6.45) is 0. The van der Waals surface area contributed by atoms with Crippen molar-refractivity contribution in [3.63, 3.8) is 0 Å². The molecule has 0 heterocycles. The normalized spacial score (nSPS) is 0. The molecule has 0 fully saturated rings. The molecular weight excluding hydrogens is 203 g/mol. The van der Waals surface area contributed by atoms with Gasteiger partial charge >= 0.3 is 45.5 Å². The standard InChI is InChI=1S/ClH.5H2O.Sr.2H/h1H;5*1H2;;;. The van der Waals surface area contributed by atoms with Crippen molar-refractivity contribution in [3.05, 3.63) is 0 Å². The molecule has 0 saturated heterocycles. The predicted molar refractivity (Wildman–Crippen MR) is 33.9 cm³/mol. The SMILES string of the molecule is Cl.O.O.O.O.O.[SrH2]. The first kappa shape index (κ1) is 199. The van der Waals surface area contributed by atoms with Crippen LogP contribution < -0.4 is 0 Å². The van der Waals surface area contributed by atoms with E-state index in [4.69, 9.17) is 0 Å². The Morgan fingerprint density at radius 2 is 0.429 bits per heavy atom. The zero-order valence-electron chi connectivity index (χ0n) is 2.91. The average molecular weight is 216 g/mol. The predicted octanol–water partition coefficient (Wildman–Crippen LogP) is -4.62. The molecule has 0 aliphatic rings. The summed E-state index contributed by atoms with van der Waals surface area (Å²) in [6, 6.07) is 0. The summed E-state index contributed by atoms with van der Waals surface area (Å²) in [5.41, 5.74) is 0. The summed E-state index contributed by atoms with van der Waals surface area (Å²) in [7, 11) is 0. The van der Waals surface area contributed by atoms with Crippen molar-refractivity contribution < 1.29 is 27.4 Å². The third-order valence-electron chi connectivity index (χ3n) is 0. The van der Waals surface area contributed by atoms with Gasteiger partial charge in [-0.2, -0.15) is 0 Å². The molecule has 0 radical (unpaired) electrons. The average Bonchev–Trinajstić information content (AvgIpc) is 0. The van der Waals surface area contributed by atoms with E-state index in [9.17, 15) is 0 Å². The van der Waals surface area contributed by atoms with Crippen LogP contribution in [0.2, 0.25) is 0 Å². The van der Waals surface area contributed by atoms with Gasteiger partial charge in [0.15, 0.2) is 0 Å². The van der Waals surface area contributed by atoms with E-state index in [0.29, 0.717) is 0 Å². The molecule has 0 amide bonds. The molecule has 52 valence electrons. The van der Waals surface area contributed by atoms with Gasteiger partial charge in [0.05, 0.1) is 0 Å². The van der Waals surface area contributed by atoms with Crippen LogP contribution in [0.1, 0.15) is 0 Å². The molecule has 0 bridgehead atoms. The topological polar surface area (TPSA) is 158 Å².